The molecule has 2 atom stereocenters. The largest absolute Gasteiger partial charge is 0.369 e. The Labute approximate surface area is 106 Å². The smallest absolute Gasteiger partial charge is 0.239 e. The van der Waals surface area contributed by atoms with E-state index in [0.717, 1.165) is 6.26 Å². The molecule has 2 unspecified atom stereocenters. The van der Waals surface area contributed by atoms with Crippen molar-refractivity contribution in [2.24, 2.45) is 17.4 Å². The second-order valence-electron chi connectivity index (χ2n) is 4.70. The molecule has 0 spiro atoms. The molecule has 0 aromatic rings. The van der Waals surface area contributed by atoms with Crippen LogP contribution in [0.3, 0.4) is 0 Å². The number of carbonyl (C=O) groups excluding carboxylic acids is 2. The number of carbonyl (C=O) groups is 2. The van der Waals surface area contributed by atoms with Crippen molar-refractivity contribution in [2.75, 3.05) is 25.1 Å². The molecule has 1 heterocycles. The van der Waals surface area contributed by atoms with Gasteiger partial charge in [-0.2, -0.15) is 0 Å². The topological polar surface area (TPSA) is 124 Å². The van der Waals surface area contributed by atoms with Gasteiger partial charge in [0, 0.05) is 19.3 Å². The minimum atomic E-state index is -3.13. The van der Waals surface area contributed by atoms with Gasteiger partial charge in [-0.25, -0.2) is 8.42 Å². The number of likely N-dealkylation sites (tertiary alicyclic amines) is 1. The highest BCUT2D eigenvalue weighted by atomic mass is 32.2. The van der Waals surface area contributed by atoms with Gasteiger partial charge in [0.1, 0.15) is 9.84 Å². The zero-order valence-electron chi connectivity index (χ0n) is 10.3. The SMILES string of the molecule is CS(=O)(=O)CCC(N)C(=O)N1CCC(C(N)=O)C1. The van der Waals surface area contributed by atoms with E-state index in [1.165, 1.54) is 4.90 Å². The van der Waals surface area contributed by atoms with Crippen LogP contribution in [0.4, 0.5) is 0 Å². The molecule has 8 heteroatoms. The van der Waals surface area contributed by atoms with Crippen LogP contribution in [-0.4, -0.2) is 56.3 Å². The Hall–Kier alpha value is -1.15. The van der Waals surface area contributed by atoms with Crippen LogP contribution in [0.25, 0.3) is 0 Å². The maximum Gasteiger partial charge on any atom is 0.239 e. The predicted octanol–water partition coefficient (Wildman–Crippen LogP) is -1.92. The number of primary amides is 1. The molecule has 2 amide bonds. The van der Waals surface area contributed by atoms with E-state index >= 15 is 0 Å². The first-order valence-corrected chi connectivity index (χ1v) is 7.78. The highest BCUT2D eigenvalue weighted by molar-refractivity contribution is 7.90. The highest BCUT2D eigenvalue weighted by Gasteiger charge is 2.31. The summed E-state index contributed by atoms with van der Waals surface area (Å²) in [5, 5.41) is 0. The molecule has 1 saturated heterocycles. The average Bonchev–Trinajstić information content (AvgIpc) is 2.73. The van der Waals surface area contributed by atoms with Crippen molar-refractivity contribution in [2.45, 2.75) is 18.9 Å². The van der Waals surface area contributed by atoms with Crippen molar-refractivity contribution in [3.05, 3.63) is 0 Å². The minimum absolute atomic E-state index is 0.0927. The molecule has 0 saturated carbocycles. The number of amides is 2. The number of hydrogen-bond acceptors (Lipinski definition) is 5. The van der Waals surface area contributed by atoms with E-state index in [-0.39, 0.29) is 30.5 Å². The van der Waals surface area contributed by atoms with Gasteiger partial charge in [0.05, 0.1) is 17.7 Å². The number of rotatable bonds is 5. The summed E-state index contributed by atoms with van der Waals surface area (Å²) < 4.78 is 22.0. The van der Waals surface area contributed by atoms with Gasteiger partial charge in [0.15, 0.2) is 0 Å². The van der Waals surface area contributed by atoms with Gasteiger partial charge in [0.25, 0.3) is 0 Å². The number of hydrogen-bond donors (Lipinski definition) is 2. The van der Waals surface area contributed by atoms with Crippen molar-refractivity contribution < 1.29 is 18.0 Å². The van der Waals surface area contributed by atoms with Crippen LogP contribution < -0.4 is 11.5 Å². The van der Waals surface area contributed by atoms with Crippen LogP contribution in [0, 0.1) is 5.92 Å². The first-order chi connectivity index (χ1) is 8.20. The van der Waals surface area contributed by atoms with Crippen molar-refractivity contribution in [1.82, 2.24) is 4.90 Å². The predicted molar refractivity (Wildman–Crippen MR) is 66.2 cm³/mol. The fraction of sp³-hybridized carbons (Fsp3) is 0.800. The van der Waals surface area contributed by atoms with Crippen molar-refractivity contribution in [3.63, 3.8) is 0 Å². The maximum atomic E-state index is 11.9. The van der Waals surface area contributed by atoms with Crippen molar-refractivity contribution in [3.8, 4) is 0 Å². The number of nitrogens with two attached hydrogens (primary N) is 2. The summed E-state index contributed by atoms with van der Waals surface area (Å²) in [5.74, 6) is -1.18. The molecule has 0 aromatic heterocycles. The van der Waals surface area contributed by atoms with Gasteiger partial charge >= 0.3 is 0 Å². The van der Waals surface area contributed by atoms with E-state index in [0.29, 0.717) is 13.0 Å². The lowest BCUT2D eigenvalue weighted by Gasteiger charge is -2.20. The lowest BCUT2D eigenvalue weighted by Crippen LogP contribution is -2.44. The van der Waals surface area contributed by atoms with Gasteiger partial charge in [-0.15, -0.1) is 0 Å². The Morgan fingerprint density at radius 3 is 2.50 bits per heavy atom. The van der Waals surface area contributed by atoms with E-state index < -0.39 is 21.8 Å². The van der Waals surface area contributed by atoms with Gasteiger partial charge in [0.2, 0.25) is 11.8 Å². The molecule has 7 nitrogen and oxygen atoms in total. The van der Waals surface area contributed by atoms with Gasteiger partial charge in [-0.05, 0) is 12.8 Å². The summed E-state index contributed by atoms with van der Waals surface area (Å²) in [6.45, 7) is 0.722. The first-order valence-electron chi connectivity index (χ1n) is 5.72. The van der Waals surface area contributed by atoms with Gasteiger partial charge in [-0.3, -0.25) is 9.59 Å². The van der Waals surface area contributed by atoms with Crippen LogP contribution >= 0.6 is 0 Å². The Balaban J connectivity index is 2.48. The fourth-order valence-corrected chi connectivity index (χ4v) is 2.57. The van der Waals surface area contributed by atoms with E-state index in [4.69, 9.17) is 11.5 Å². The highest BCUT2D eigenvalue weighted by Crippen LogP contribution is 2.16. The first kappa shape index (κ1) is 14.9. The standard InChI is InChI=1S/C10H19N3O4S/c1-18(16,17)5-3-8(11)10(15)13-4-2-7(6-13)9(12)14/h7-8H,2-6,11H2,1H3,(H2,12,14). The van der Waals surface area contributed by atoms with Crippen molar-refractivity contribution in [1.29, 1.82) is 0 Å². The minimum Gasteiger partial charge on any atom is -0.369 e. The van der Waals surface area contributed by atoms with Crippen LogP contribution in [0.5, 0.6) is 0 Å². The summed E-state index contributed by atoms with van der Waals surface area (Å²) in [7, 11) is -3.13. The normalized spacial score (nSPS) is 21.9. The third kappa shape index (κ3) is 4.26. The Bertz CT molecular complexity index is 434. The average molecular weight is 277 g/mol. The van der Waals surface area contributed by atoms with E-state index in [9.17, 15) is 18.0 Å². The van der Waals surface area contributed by atoms with Crippen LogP contribution in [-0.2, 0) is 19.4 Å². The van der Waals surface area contributed by atoms with Crippen LogP contribution in [0.2, 0.25) is 0 Å². The van der Waals surface area contributed by atoms with Gasteiger partial charge < -0.3 is 16.4 Å². The third-order valence-electron chi connectivity index (χ3n) is 3.02. The lowest BCUT2D eigenvalue weighted by atomic mass is 10.1. The van der Waals surface area contributed by atoms with Gasteiger partial charge in [-0.1, -0.05) is 0 Å². The molecule has 1 aliphatic rings. The third-order valence-corrected chi connectivity index (χ3v) is 4.00. The van der Waals surface area contributed by atoms with Crippen LogP contribution in [0.1, 0.15) is 12.8 Å². The monoisotopic (exact) mass is 277 g/mol. The van der Waals surface area contributed by atoms with E-state index in [2.05, 4.69) is 0 Å². The number of nitrogens with zero attached hydrogens (tertiary/aromatic N) is 1. The summed E-state index contributed by atoms with van der Waals surface area (Å²) in [4.78, 5) is 24.3. The molecular formula is C10H19N3O4S. The Morgan fingerprint density at radius 1 is 1.44 bits per heavy atom. The molecule has 0 radical (unpaired) electrons. The molecule has 18 heavy (non-hydrogen) atoms. The lowest BCUT2D eigenvalue weighted by molar-refractivity contribution is -0.131. The maximum absolute atomic E-state index is 11.9. The zero-order valence-corrected chi connectivity index (χ0v) is 11.1. The number of sulfone groups is 1. The Morgan fingerprint density at radius 2 is 2.06 bits per heavy atom. The molecular weight excluding hydrogens is 258 g/mol. The fourth-order valence-electron chi connectivity index (χ4n) is 1.89. The molecule has 1 fully saturated rings. The summed E-state index contributed by atoms with van der Waals surface area (Å²) in [5.41, 5.74) is 10.8. The molecule has 0 aromatic carbocycles. The quantitative estimate of drug-likeness (QED) is 0.606. The molecule has 1 rings (SSSR count). The molecule has 0 aliphatic carbocycles. The second kappa shape index (κ2) is 5.66. The van der Waals surface area contributed by atoms with Crippen molar-refractivity contribution >= 4 is 21.7 Å². The van der Waals surface area contributed by atoms with E-state index in [1.54, 1.807) is 0 Å². The van der Waals surface area contributed by atoms with Crippen LogP contribution in [0.15, 0.2) is 0 Å². The Kier molecular flexibility index (Phi) is 4.69. The molecule has 1 aliphatic heterocycles. The molecule has 0 bridgehead atoms. The zero-order chi connectivity index (χ0) is 13.9. The summed E-state index contributed by atoms with van der Waals surface area (Å²) >= 11 is 0. The summed E-state index contributed by atoms with van der Waals surface area (Å²) in [6, 6.07) is -0.841. The summed E-state index contributed by atoms with van der Waals surface area (Å²) in [6.07, 6.45) is 1.73. The van der Waals surface area contributed by atoms with E-state index in [1.807, 2.05) is 0 Å². The molecule has 104 valence electrons. The molecule has 4 N–H and O–H groups in total. The second-order valence-corrected chi connectivity index (χ2v) is 6.96.